The van der Waals surface area contributed by atoms with Crippen LogP contribution in [0.15, 0.2) is 60.7 Å². The van der Waals surface area contributed by atoms with Crippen molar-refractivity contribution < 1.29 is 33.4 Å². The maximum absolute atomic E-state index is 12.6. The van der Waals surface area contributed by atoms with Crippen molar-refractivity contribution in [3.05, 3.63) is 71.8 Å². The lowest BCUT2D eigenvalue weighted by Gasteiger charge is -2.19. The highest BCUT2D eigenvalue weighted by Crippen LogP contribution is 2.14. The van der Waals surface area contributed by atoms with Gasteiger partial charge in [-0.3, -0.25) is 9.59 Å². The van der Waals surface area contributed by atoms with Gasteiger partial charge in [0.1, 0.15) is 19.3 Å². The quantitative estimate of drug-likeness (QED) is 0.310. The second-order valence-corrected chi connectivity index (χ2v) is 8.09. The van der Waals surface area contributed by atoms with E-state index in [1.54, 1.807) is 54.6 Å². The van der Waals surface area contributed by atoms with Crippen LogP contribution in [-0.4, -0.2) is 55.7 Å². The summed E-state index contributed by atoms with van der Waals surface area (Å²) in [4.78, 5) is 49.5. The number of rotatable bonds is 10. The number of carbonyl (C=O) groups excluding carboxylic acids is 4. The zero-order chi connectivity index (χ0) is 24.3. The molecule has 1 aliphatic heterocycles. The molecule has 2 aromatic rings. The van der Waals surface area contributed by atoms with E-state index in [0.29, 0.717) is 24.4 Å². The summed E-state index contributed by atoms with van der Waals surface area (Å²) in [6.07, 6.45) is -0.268. The first-order valence-corrected chi connectivity index (χ1v) is 11.0. The molecule has 0 unspecified atom stereocenters. The Labute approximate surface area is 197 Å². The molecule has 1 aliphatic rings. The minimum absolute atomic E-state index is 0.00932. The highest BCUT2D eigenvalue weighted by Gasteiger charge is 2.31. The minimum Gasteiger partial charge on any atom is -0.462 e. The van der Waals surface area contributed by atoms with E-state index < -0.39 is 49.1 Å². The molecule has 1 heterocycles. The van der Waals surface area contributed by atoms with Crippen LogP contribution in [0, 0.1) is 5.92 Å². The molecule has 0 aromatic heterocycles. The van der Waals surface area contributed by atoms with Gasteiger partial charge < -0.3 is 24.8 Å². The molecule has 0 aliphatic carbocycles. The van der Waals surface area contributed by atoms with Gasteiger partial charge in [0.15, 0.2) is 18.4 Å². The Morgan fingerprint density at radius 3 is 2.29 bits per heavy atom. The summed E-state index contributed by atoms with van der Waals surface area (Å²) in [5.74, 6) is -1.52. The Kier molecular flexibility index (Phi) is 9.16. The highest BCUT2D eigenvalue weighted by molar-refractivity contribution is 5.98. The second-order valence-electron chi connectivity index (χ2n) is 8.09. The van der Waals surface area contributed by atoms with E-state index in [-0.39, 0.29) is 6.61 Å². The molecule has 9 heteroatoms. The fourth-order valence-corrected chi connectivity index (χ4v) is 3.38. The molecule has 0 radical (unpaired) electrons. The molecular weight excluding hydrogens is 440 g/mol. The fraction of sp³-hybridized carbons (Fsp3) is 0.360. The normalized spacial score (nSPS) is 17.9. The number of alkyl carbamates (subject to hydrolysis) is 1. The van der Waals surface area contributed by atoms with Crippen LogP contribution in [0.3, 0.4) is 0 Å². The van der Waals surface area contributed by atoms with E-state index in [0.717, 1.165) is 5.56 Å². The van der Waals surface area contributed by atoms with Gasteiger partial charge in [0.25, 0.3) is 0 Å². The van der Waals surface area contributed by atoms with Gasteiger partial charge in [-0.25, -0.2) is 9.59 Å². The predicted molar refractivity (Wildman–Crippen MR) is 122 cm³/mol. The number of carbonyl (C=O) groups is 4. The number of benzene rings is 2. The van der Waals surface area contributed by atoms with Crippen molar-refractivity contribution in [1.82, 2.24) is 10.6 Å². The number of ketones is 1. The molecule has 0 saturated carbocycles. The Morgan fingerprint density at radius 2 is 1.65 bits per heavy atom. The fourth-order valence-electron chi connectivity index (χ4n) is 3.38. The monoisotopic (exact) mass is 468 g/mol. The van der Waals surface area contributed by atoms with Gasteiger partial charge in [-0.2, -0.15) is 0 Å². The van der Waals surface area contributed by atoms with Crippen molar-refractivity contribution in [2.75, 3.05) is 19.8 Å². The summed E-state index contributed by atoms with van der Waals surface area (Å²) < 4.78 is 15.5. The first kappa shape index (κ1) is 24.9. The SMILES string of the molecule is C[C@@H]1CN[C@@H](C(=O)OC[C@H](NC(=O)OCc2ccccc2)C(=O)OCC(=O)c2ccccc2)C1. The number of hydrogen-bond donors (Lipinski definition) is 2. The molecule has 9 nitrogen and oxygen atoms in total. The summed E-state index contributed by atoms with van der Waals surface area (Å²) in [5.41, 5.74) is 1.15. The van der Waals surface area contributed by atoms with Crippen molar-refractivity contribution in [2.45, 2.75) is 32.0 Å². The van der Waals surface area contributed by atoms with Crippen LogP contribution >= 0.6 is 0 Å². The van der Waals surface area contributed by atoms with E-state index in [9.17, 15) is 19.2 Å². The molecule has 0 bridgehead atoms. The lowest BCUT2D eigenvalue weighted by molar-refractivity contribution is -0.152. The van der Waals surface area contributed by atoms with E-state index in [4.69, 9.17) is 14.2 Å². The average molecular weight is 469 g/mol. The maximum atomic E-state index is 12.6. The maximum Gasteiger partial charge on any atom is 0.408 e. The summed E-state index contributed by atoms with van der Waals surface area (Å²) >= 11 is 0. The largest absolute Gasteiger partial charge is 0.462 e. The van der Waals surface area contributed by atoms with E-state index in [2.05, 4.69) is 10.6 Å². The first-order chi connectivity index (χ1) is 16.4. The first-order valence-electron chi connectivity index (χ1n) is 11.0. The van der Waals surface area contributed by atoms with Crippen molar-refractivity contribution in [3.8, 4) is 0 Å². The van der Waals surface area contributed by atoms with Crippen LogP contribution in [-0.2, 0) is 30.4 Å². The lowest BCUT2D eigenvalue weighted by atomic mass is 10.1. The van der Waals surface area contributed by atoms with Gasteiger partial charge in [0.2, 0.25) is 0 Å². The third-order valence-corrected chi connectivity index (χ3v) is 5.26. The standard InChI is InChI=1S/C25H28N2O7/c1-17-12-20(26-13-17)23(29)32-15-21(27-25(31)34-14-18-8-4-2-5-9-18)24(30)33-16-22(28)19-10-6-3-7-11-19/h2-11,17,20-21,26H,12-16H2,1H3,(H,27,31)/t17-,20+,21-/m0/s1. The minimum atomic E-state index is -1.34. The number of hydrogen-bond acceptors (Lipinski definition) is 8. The van der Waals surface area contributed by atoms with Crippen molar-refractivity contribution in [3.63, 3.8) is 0 Å². The lowest BCUT2D eigenvalue weighted by Crippen LogP contribution is -2.47. The topological polar surface area (TPSA) is 120 Å². The number of Topliss-reactive ketones (excluding diaryl/α,β-unsaturated/α-hetero) is 1. The molecule has 3 rings (SSSR count). The summed E-state index contributed by atoms with van der Waals surface area (Å²) in [7, 11) is 0. The van der Waals surface area contributed by atoms with Crippen molar-refractivity contribution >= 4 is 23.8 Å². The van der Waals surface area contributed by atoms with Gasteiger partial charge >= 0.3 is 18.0 Å². The zero-order valence-corrected chi connectivity index (χ0v) is 18.9. The molecule has 2 aromatic carbocycles. The Morgan fingerprint density at radius 1 is 0.971 bits per heavy atom. The van der Waals surface area contributed by atoms with Gasteiger partial charge in [-0.15, -0.1) is 0 Å². The van der Waals surface area contributed by atoms with E-state index >= 15 is 0 Å². The number of amides is 1. The number of nitrogens with one attached hydrogen (secondary N) is 2. The van der Waals surface area contributed by atoms with Crippen LogP contribution in [0.1, 0.15) is 29.3 Å². The highest BCUT2D eigenvalue weighted by atomic mass is 16.6. The van der Waals surface area contributed by atoms with Crippen LogP contribution in [0.4, 0.5) is 4.79 Å². The Balaban J connectivity index is 1.56. The van der Waals surface area contributed by atoms with Crippen LogP contribution < -0.4 is 10.6 Å². The van der Waals surface area contributed by atoms with Gasteiger partial charge in [-0.05, 0) is 24.4 Å². The summed E-state index contributed by atoms with van der Waals surface area (Å²) in [6, 6.07) is 15.5. The zero-order valence-electron chi connectivity index (χ0n) is 18.9. The molecular formula is C25H28N2O7. The third kappa shape index (κ3) is 7.70. The smallest absolute Gasteiger partial charge is 0.408 e. The molecule has 2 N–H and O–H groups in total. The average Bonchev–Trinajstić information content (AvgIpc) is 3.31. The second kappa shape index (κ2) is 12.5. The Bertz CT molecular complexity index is 981. The van der Waals surface area contributed by atoms with Crippen molar-refractivity contribution in [2.24, 2.45) is 5.92 Å². The molecule has 180 valence electrons. The third-order valence-electron chi connectivity index (χ3n) is 5.26. The van der Waals surface area contributed by atoms with Gasteiger partial charge in [0, 0.05) is 5.56 Å². The number of esters is 2. The number of ether oxygens (including phenoxy) is 3. The molecule has 1 saturated heterocycles. The Hall–Kier alpha value is -3.72. The molecule has 1 fully saturated rings. The molecule has 0 spiro atoms. The van der Waals surface area contributed by atoms with E-state index in [1.165, 1.54) is 0 Å². The van der Waals surface area contributed by atoms with Crippen LogP contribution in [0.5, 0.6) is 0 Å². The van der Waals surface area contributed by atoms with Gasteiger partial charge in [0.05, 0.1) is 0 Å². The molecule has 34 heavy (non-hydrogen) atoms. The predicted octanol–water partition coefficient (Wildman–Crippen LogP) is 2.25. The van der Waals surface area contributed by atoms with Gasteiger partial charge in [-0.1, -0.05) is 67.6 Å². The molecule has 3 atom stereocenters. The summed E-state index contributed by atoms with van der Waals surface area (Å²) in [5, 5.41) is 5.41. The molecule has 1 amide bonds. The van der Waals surface area contributed by atoms with Crippen LogP contribution in [0.2, 0.25) is 0 Å². The van der Waals surface area contributed by atoms with Crippen LogP contribution in [0.25, 0.3) is 0 Å². The summed E-state index contributed by atoms with van der Waals surface area (Å²) in [6.45, 7) is 1.72. The van der Waals surface area contributed by atoms with Crippen molar-refractivity contribution in [1.29, 1.82) is 0 Å². The van der Waals surface area contributed by atoms with E-state index in [1.807, 2.05) is 13.0 Å².